The topological polar surface area (TPSA) is 92.8 Å². The van der Waals surface area contributed by atoms with Gasteiger partial charge in [-0.2, -0.15) is 0 Å². The second-order valence-electron chi connectivity index (χ2n) is 7.92. The number of hydrogen-bond acceptors (Lipinski definition) is 5. The number of benzene rings is 2. The average molecular weight is 499 g/mol. The van der Waals surface area contributed by atoms with Crippen LogP contribution in [-0.4, -0.2) is 44.9 Å². The van der Waals surface area contributed by atoms with Crippen LogP contribution in [0.3, 0.4) is 0 Å². The molecule has 0 aliphatic carbocycles. The van der Waals surface area contributed by atoms with Gasteiger partial charge in [0.1, 0.15) is 4.90 Å². The Balaban J connectivity index is 1.69. The maximum absolute atomic E-state index is 12.6. The molecule has 7 nitrogen and oxygen atoms in total. The van der Waals surface area contributed by atoms with E-state index in [1.807, 2.05) is 38.1 Å². The van der Waals surface area contributed by atoms with E-state index in [0.29, 0.717) is 13.1 Å². The maximum atomic E-state index is 12.6. The normalized spacial score (nSPS) is 13.7. The summed E-state index contributed by atoms with van der Waals surface area (Å²) in [6.45, 7) is 4.40. The van der Waals surface area contributed by atoms with Crippen LogP contribution >= 0.6 is 23.2 Å². The van der Waals surface area contributed by atoms with Crippen LogP contribution in [0.2, 0.25) is 10.0 Å². The standard InChI is InChI=1S/C22H24Cl2N2O5S/c1-14(2)11-25-32(29,30)20-9-17(18(23)10-19(20)24)22(28)31-13-21(27)26-8-7-15-5-3-4-6-16(15)12-26/h3-6,9-10,14,25H,7-8,11-13H2,1-2H3. The lowest BCUT2D eigenvalue weighted by molar-refractivity contribution is -0.135. The summed E-state index contributed by atoms with van der Waals surface area (Å²) < 4.78 is 32.7. The molecule has 1 N–H and O–H groups in total. The number of hydrogen-bond donors (Lipinski definition) is 1. The number of ether oxygens (including phenoxy) is 1. The molecule has 0 saturated carbocycles. The van der Waals surface area contributed by atoms with E-state index in [2.05, 4.69) is 4.72 Å². The van der Waals surface area contributed by atoms with Gasteiger partial charge in [0.2, 0.25) is 10.0 Å². The monoisotopic (exact) mass is 498 g/mol. The number of nitrogens with one attached hydrogen (secondary N) is 1. The summed E-state index contributed by atoms with van der Waals surface area (Å²) >= 11 is 12.2. The molecule has 1 aliphatic rings. The van der Waals surface area contributed by atoms with E-state index in [0.717, 1.165) is 18.1 Å². The first-order valence-electron chi connectivity index (χ1n) is 10.1. The molecular formula is C22H24Cl2N2O5S. The predicted molar refractivity (Wildman–Crippen MR) is 122 cm³/mol. The van der Waals surface area contributed by atoms with Gasteiger partial charge in [0.05, 0.1) is 15.6 Å². The number of carbonyl (C=O) groups excluding carboxylic acids is 2. The molecule has 0 aromatic heterocycles. The molecule has 172 valence electrons. The summed E-state index contributed by atoms with van der Waals surface area (Å²) in [5.74, 6) is -1.17. The van der Waals surface area contributed by atoms with Crippen molar-refractivity contribution in [3.05, 3.63) is 63.1 Å². The minimum Gasteiger partial charge on any atom is -0.452 e. The smallest absolute Gasteiger partial charge is 0.340 e. The summed E-state index contributed by atoms with van der Waals surface area (Å²) in [7, 11) is -3.96. The number of rotatable bonds is 7. The number of amides is 1. The van der Waals surface area contributed by atoms with Gasteiger partial charge >= 0.3 is 5.97 Å². The van der Waals surface area contributed by atoms with E-state index in [4.69, 9.17) is 27.9 Å². The van der Waals surface area contributed by atoms with Gasteiger partial charge in [-0.1, -0.05) is 61.3 Å². The maximum Gasteiger partial charge on any atom is 0.340 e. The fourth-order valence-electron chi connectivity index (χ4n) is 3.25. The fraction of sp³-hybridized carbons (Fsp3) is 0.364. The SMILES string of the molecule is CC(C)CNS(=O)(=O)c1cc(C(=O)OCC(=O)N2CCc3ccccc3C2)c(Cl)cc1Cl. The summed E-state index contributed by atoms with van der Waals surface area (Å²) in [4.78, 5) is 26.5. The molecule has 0 unspecified atom stereocenters. The molecule has 0 radical (unpaired) electrons. The Labute approximate surface area is 197 Å². The van der Waals surface area contributed by atoms with Crippen molar-refractivity contribution in [1.82, 2.24) is 9.62 Å². The second-order valence-corrected chi connectivity index (χ2v) is 10.5. The Morgan fingerprint density at radius 3 is 2.50 bits per heavy atom. The lowest BCUT2D eigenvalue weighted by atomic mass is 10.00. The molecule has 0 fully saturated rings. The molecule has 0 spiro atoms. The van der Waals surface area contributed by atoms with Gasteiger partial charge in [-0.15, -0.1) is 0 Å². The summed E-state index contributed by atoms with van der Waals surface area (Å²) in [6, 6.07) is 10.1. The molecule has 0 bridgehead atoms. The highest BCUT2D eigenvalue weighted by Gasteiger charge is 2.25. The van der Waals surface area contributed by atoms with Crippen LogP contribution in [0.1, 0.15) is 35.3 Å². The largest absolute Gasteiger partial charge is 0.452 e. The predicted octanol–water partition coefficient (Wildman–Crippen LogP) is 3.67. The van der Waals surface area contributed by atoms with Gasteiger partial charge in [0.25, 0.3) is 5.91 Å². The van der Waals surface area contributed by atoms with Crippen molar-refractivity contribution in [3.63, 3.8) is 0 Å². The molecule has 2 aromatic carbocycles. The minimum atomic E-state index is -3.96. The first kappa shape index (κ1) is 24.5. The van der Waals surface area contributed by atoms with Gasteiger partial charge in [0.15, 0.2) is 6.61 Å². The Hall–Kier alpha value is -2.13. The number of nitrogens with zero attached hydrogens (tertiary/aromatic N) is 1. The number of carbonyl (C=O) groups is 2. The Morgan fingerprint density at radius 1 is 1.12 bits per heavy atom. The molecule has 10 heteroatoms. The molecule has 32 heavy (non-hydrogen) atoms. The van der Waals surface area contributed by atoms with Crippen molar-refractivity contribution in [1.29, 1.82) is 0 Å². The Bertz CT molecular complexity index is 1140. The van der Waals surface area contributed by atoms with Crippen LogP contribution in [0.15, 0.2) is 41.3 Å². The zero-order valence-electron chi connectivity index (χ0n) is 17.7. The van der Waals surface area contributed by atoms with E-state index >= 15 is 0 Å². The number of esters is 1. The number of fused-ring (bicyclic) bond motifs is 1. The van der Waals surface area contributed by atoms with Gasteiger partial charge in [-0.05, 0) is 35.6 Å². The van der Waals surface area contributed by atoms with Crippen molar-refractivity contribution in [3.8, 4) is 0 Å². The van der Waals surface area contributed by atoms with Gasteiger partial charge in [0, 0.05) is 19.6 Å². The van der Waals surface area contributed by atoms with Crippen molar-refractivity contribution >= 4 is 45.1 Å². The first-order chi connectivity index (χ1) is 15.1. The van der Waals surface area contributed by atoms with Gasteiger partial charge < -0.3 is 9.64 Å². The van der Waals surface area contributed by atoms with Crippen LogP contribution < -0.4 is 4.72 Å². The molecule has 2 aromatic rings. The van der Waals surface area contributed by atoms with Crippen molar-refractivity contribution in [2.24, 2.45) is 5.92 Å². The molecule has 3 rings (SSSR count). The van der Waals surface area contributed by atoms with Crippen molar-refractivity contribution < 1.29 is 22.7 Å². The van der Waals surface area contributed by atoms with E-state index in [9.17, 15) is 18.0 Å². The highest BCUT2D eigenvalue weighted by atomic mass is 35.5. The Morgan fingerprint density at radius 2 is 1.81 bits per heavy atom. The number of sulfonamides is 1. The van der Waals surface area contributed by atoms with Gasteiger partial charge in [-0.3, -0.25) is 4.79 Å². The third-order valence-electron chi connectivity index (χ3n) is 5.02. The fourth-order valence-corrected chi connectivity index (χ4v) is 5.31. The van der Waals surface area contributed by atoms with Crippen LogP contribution in [0.4, 0.5) is 0 Å². The van der Waals surface area contributed by atoms with E-state index < -0.39 is 22.6 Å². The summed E-state index contributed by atoms with van der Waals surface area (Å²) in [5.41, 5.74) is 2.07. The third kappa shape index (κ3) is 5.81. The first-order valence-corrected chi connectivity index (χ1v) is 12.3. The third-order valence-corrected chi connectivity index (χ3v) is 7.22. The second kappa shape index (κ2) is 10.2. The molecule has 1 heterocycles. The molecule has 1 amide bonds. The highest BCUT2D eigenvalue weighted by Crippen LogP contribution is 2.29. The zero-order chi connectivity index (χ0) is 23.5. The van der Waals surface area contributed by atoms with Crippen LogP contribution in [0.5, 0.6) is 0 Å². The highest BCUT2D eigenvalue weighted by molar-refractivity contribution is 7.89. The quantitative estimate of drug-likeness (QED) is 0.587. The molecule has 1 aliphatic heterocycles. The van der Waals surface area contributed by atoms with Crippen molar-refractivity contribution in [2.75, 3.05) is 19.7 Å². The van der Waals surface area contributed by atoms with Crippen LogP contribution in [0, 0.1) is 5.92 Å². The van der Waals surface area contributed by atoms with Crippen LogP contribution in [-0.2, 0) is 32.5 Å². The molecule has 0 saturated heterocycles. The lowest BCUT2D eigenvalue weighted by Gasteiger charge is -2.28. The molecular weight excluding hydrogens is 475 g/mol. The van der Waals surface area contributed by atoms with E-state index in [1.165, 1.54) is 11.6 Å². The van der Waals surface area contributed by atoms with Crippen LogP contribution in [0.25, 0.3) is 0 Å². The average Bonchev–Trinajstić information content (AvgIpc) is 2.75. The molecule has 0 atom stereocenters. The minimum absolute atomic E-state index is 0.0674. The van der Waals surface area contributed by atoms with Gasteiger partial charge in [-0.25, -0.2) is 17.9 Å². The van der Waals surface area contributed by atoms with E-state index in [-0.39, 0.29) is 38.9 Å². The van der Waals surface area contributed by atoms with Crippen molar-refractivity contribution in [2.45, 2.75) is 31.7 Å². The Kier molecular flexibility index (Phi) is 7.82. The summed E-state index contributed by atoms with van der Waals surface area (Å²) in [5, 5.41) is -0.187. The summed E-state index contributed by atoms with van der Waals surface area (Å²) in [6.07, 6.45) is 0.726. The zero-order valence-corrected chi connectivity index (χ0v) is 20.1. The lowest BCUT2D eigenvalue weighted by Crippen LogP contribution is -2.38. The number of halogens is 2. The van der Waals surface area contributed by atoms with E-state index in [1.54, 1.807) is 4.90 Å².